The van der Waals surface area contributed by atoms with Gasteiger partial charge in [-0.15, -0.1) is 0 Å². The van der Waals surface area contributed by atoms with Crippen molar-refractivity contribution >= 4 is 6.03 Å². The maximum Gasteiger partial charge on any atom is 0.415 e. The van der Waals surface area contributed by atoms with Gasteiger partial charge < -0.3 is 4.90 Å². The van der Waals surface area contributed by atoms with Crippen LogP contribution in [0.5, 0.6) is 0 Å². The number of nitrogens with zero attached hydrogens (tertiary/aromatic N) is 3. The van der Waals surface area contributed by atoms with Crippen LogP contribution in [0.4, 0.5) is 4.79 Å². The number of piperidine rings is 1. The maximum absolute atomic E-state index is 12.1. The van der Waals surface area contributed by atoms with Gasteiger partial charge in [-0.2, -0.15) is 4.57 Å². The molecule has 0 radical (unpaired) electrons. The molecule has 1 aromatic heterocycles. The van der Waals surface area contributed by atoms with Crippen LogP contribution in [0.25, 0.3) is 0 Å². The molecule has 0 spiro atoms. The number of likely N-dealkylation sites (tertiary alicyclic amines) is 1. The molecule has 1 aliphatic rings. The molecule has 0 saturated carbocycles. The first kappa shape index (κ1) is 11.2. The van der Waals surface area contributed by atoms with E-state index in [-0.39, 0.29) is 6.03 Å². The molecule has 2 rings (SSSR count). The SMILES string of the molecule is CCC1CCN(C(=O)n2cc[n+](C)c2)CC1. The summed E-state index contributed by atoms with van der Waals surface area (Å²) in [6.07, 6.45) is 9.05. The second-order valence-corrected chi connectivity index (χ2v) is 4.61. The number of hydrogen-bond acceptors (Lipinski definition) is 1. The quantitative estimate of drug-likeness (QED) is 0.660. The molecule has 4 heteroatoms. The zero-order valence-corrected chi connectivity index (χ0v) is 10.1. The molecule has 0 aromatic carbocycles. The molecule has 1 saturated heterocycles. The molecule has 2 heterocycles. The van der Waals surface area contributed by atoms with Gasteiger partial charge in [0.2, 0.25) is 0 Å². The number of rotatable bonds is 1. The van der Waals surface area contributed by atoms with Gasteiger partial charge in [0.15, 0.2) is 0 Å². The average Bonchev–Trinajstić information content (AvgIpc) is 2.75. The van der Waals surface area contributed by atoms with Crippen LogP contribution in [0.3, 0.4) is 0 Å². The molecule has 1 amide bonds. The lowest BCUT2D eigenvalue weighted by Gasteiger charge is -2.29. The molecule has 1 aliphatic heterocycles. The van der Waals surface area contributed by atoms with Crippen molar-refractivity contribution in [2.45, 2.75) is 26.2 Å². The molecular weight excluding hydrogens is 202 g/mol. The molecular formula is C12H20N3O+. The minimum atomic E-state index is 0.107. The van der Waals surface area contributed by atoms with Crippen molar-refractivity contribution in [3.05, 3.63) is 18.7 Å². The standard InChI is InChI=1S/C12H20N3O/c1-3-11-4-6-14(7-5-11)12(16)15-9-8-13(2)10-15/h8-11H,3-7H2,1-2H3/q+1. The van der Waals surface area contributed by atoms with Crippen LogP contribution in [0, 0.1) is 5.92 Å². The van der Waals surface area contributed by atoms with Crippen molar-refractivity contribution in [2.24, 2.45) is 13.0 Å². The van der Waals surface area contributed by atoms with E-state index < -0.39 is 0 Å². The third-order valence-corrected chi connectivity index (χ3v) is 3.45. The predicted molar refractivity (Wildman–Crippen MR) is 61.0 cm³/mol. The van der Waals surface area contributed by atoms with Gasteiger partial charge in [0.25, 0.3) is 6.33 Å². The predicted octanol–water partition coefficient (Wildman–Crippen LogP) is 1.40. The highest BCUT2D eigenvalue weighted by atomic mass is 16.2. The summed E-state index contributed by atoms with van der Waals surface area (Å²) in [4.78, 5) is 14.0. The number of aryl methyl sites for hydroxylation is 1. The van der Waals surface area contributed by atoms with Crippen LogP contribution in [0.15, 0.2) is 18.7 Å². The number of carbonyl (C=O) groups excluding carboxylic acids is 1. The first-order chi connectivity index (χ1) is 7.70. The fraction of sp³-hybridized carbons (Fsp3) is 0.667. The number of carbonyl (C=O) groups is 1. The summed E-state index contributed by atoms with van der Waals surface area (Å²) in [5, 5.41) is 0. The summed E-state index contributed by atoms with van der Waals surface area (Å²) in [6.45, 7) is 4.03. The molecule has 1 aromatic rings. The minimum Gasteiger partial charge on any atom is -0.304 e. The van der Waals surface area contributed by atoms with Crippen molar-refractivity contribution in [1.82, 2.24) is 9.47 Å². The summed E-state index contributed by atoms with van der Waals surface area (Å²) < 4.78 is 3.54. The second kappa shape index (κ2) is 4.68. The van der Waals surface area contributed by atoms with E-state index in [4.69, 9.17) is 0 Å². The molecule has 0 unspecified atom stereocenters. The Hall–Kier alpha value is -1.32. The Balaban J connectivity index is 1.96. The Morgan fingerprint density at radius 2 is 2.12 bits per heavy atom. The van der Waals surface area contributed by atoms with Crippen LogP contribution in [-0.2, 0) is 7.05 Å². The van der Waals surface area contributed by atoms with Crippen molar-refractivity contribution < 1.29 is 9.36 Å². The van der Waals surface area contributed by atoms with Gasteiger partial charge in [-0.1, -0.05) is 13.3 Å². The van der Waals surface area contributed by atoms with Gasteiger partial charge in [0.05, 0.1) is 7.05 Å². The molecule has 0 aliphatic carbocycles. The van der Waals surface area contributed by atoms with Crippen LogP contribution >= 0.6 is 0 Å². The molecule has 0 atom stereocenters. The monoisotopic (exact) mass is 222 g/mol. The van der Waals surface area contributed by atoms with Gasteiger partial charge in [-0.3, -0.25) is 0 Å². The molecule has 1 fully saturated rings. The van der Waals surface area contributed by atoms with E-state index in [1.165, 1.54) is 6.42 Å². The van der Waals surface area contributed by atoms with Gasteiger partial charge >= 0.3 is 6.03 Å². The number of imidazole rings is 1. The Morgan fingerprint density at radius 1 is 1.44 bits per heavy atom. The average molecular weight is 222 g/mol. The summed E-state index contributed by atoms with van der Waals surface area (Å²) in [5.74, 6) is 0.810. The van der Waals surface area contributed by atoms with E-state index in [1.54, 1.807) is 4.57 Å². The van der Waals surface area contributed by atoms with E-state index in [9.17, 15) is 4.79 Å². The van der Waals surface area contributed by atoms with Crippen LogP contribution in [0.2, 0.25) is 0 Å². The molecule has 4 nitrogen and oxygen atoms in total. The third-order valence-electron chi connectivity index (χ3n) is 3.45. The Bertz CT molecular complexity index is 364. The molecule has 0 bridgehead atoms. The van der Waals surface area contributed by atoms with Gasteiger partial charge in [-0.05, 0) is 18.8 Å². The van der Waals surface area contributed by atoms with Gasteiger partial charge in [0.1, 0.15) is 12.4 Å². The molecule has 16 heavy (non-hydrogen) atoms. The zero-order valence-electron chi connectivity index (χ0n) is 10.1. The van der Waals surface area contributed by atoms with E-state index in [2.05, 4.69) is 6.92 Å². The first-order valence-electron chi connectivity index (χ1n) is 6.03. The normalized spacial score (nSPS) is 17.8. The topological polar surface area (TPSA) is 29.1 Å². The summed E-state index contributed by atoms with van der Waals surface area (Å²) >= 11 is 0. The third kappa shape index (κ3) is 2.26. The van der Waals surface area contributed by atoms with Crippen molar-refractivity contribution in [2.75, 3.05) is 13.1 Å². The van der Waals surface area contributed by atoms with Gasteiger partial charge in [-0.25, -0.2) is 9.36 Å². The Morgan fingerprint density at radius 3 is 2.62 bits per heavy atom. The van der Waals surface area contributed by atoms with Crippen LogP contribution in [-0.4, -0.2) is 28.6 Å². The van der Waals surface area contributed by atoms with Crippen molar-refractivity contribution in [3.8, 4) is 0 Å². The Labute approximate surface area is 96.5 Å². The summed E-state index contributed by atoms with van der Waals surface area (Å²) in [5.41, 5.74) is 0. The lowest BCUT2D eigenvalue weighted by molar-refractivity contribution is -0.670. The van der Waals surface area contributed by atoms with Crippen molar-refractivity contribution in [3.63, 3.8) is 0 Å². The Kier molecular flexibility index (Phi) is 3.27. The summed E-state index contributed by atoms with van der Waals surface area (Å²) in [7, 11) is 1.92. The number of aromatic nitrogens is 2. The number of amides is 1. The lowest BCUT2D eigenvalue weighted by atomic mass is 9.95. The lowest BCUT2D eigenvalue weighted by Crippen LogP contribution is -2.41. The maximum atomic E-state index is 12.1. The number of hydrogen-bond donors (Lipinski definition) is 0. The second-order valence-electron chi connectivity index (χ2n) is 4.61. The van der Waals surface area contributed by atoms with Gasteiger partial charge in [0, 0.05) is 13.1 Å². The largest absolute Gasteiger partial charge is 0.415 e. The first-order valence-corrected chi connectivity index (χ1v) is 6.03. The van der Waals surface area contributed by atoms with E-state index in [1.807, 2.05) is 35.2 Å². The summed E-state index contributed by atoms with van der Waals surface area (Å²) in [6, 6.07) is 0.107. The highest BCUT2D eigenvalue weighted by Gasteiger charge is 2.25. The minimum absolute atomic E-state index is 0.107. The van der Waals surface area contributed by atoms with Crippen molar-refractivity contribution in [1.29, 1.82) is 0 Å². The highest BCUT2D eigenvalue weighted by Crippen LogP contribution is 2.20. The smallest absolute Gasteiger partial charge is 0.304 e. The van der Waals surface area contributed by atoms with E-state index >= 15 is 0 Å². The van der Waals surface area contributed by atoms with E-state index in [0.29, 0.717) is 0 Å². The highest BCUT2D eigenvalue weighted by molar-refractivity contribution is 5.76. The fourth-order valence-electron chi connectivity index (χ4n) is 2.26. The molecule has 88 valence electrons. The fourth-order valence-corrected chi connectivity index (χ4v) is 2.26. The van der Waals surface area contributed by atoms with Crippen LogP contribution in [0.1, 0.15) is 26.2 Å². The van der Waals surface area contributed by atoms with E-state index in [0.717, 1.165) is 31.8 Å². The van der Waals surface area contributed by atoms with Crippen LogP contribution < -0.4 is 4.57 Å². The zero-order chi connectivity index (χ0) is 11.5. The molecule has 0 N–H and O–H groups in total.